The van der Waals surface area contributed by atoms with E-state index in [2.05, 4.69) is 0 Å². The van der Waals surface area contributed by atoms with Crippen molar-refractivity contribution in [2.24, 2.45) is 5.73 Å². The summed E-state index contributed by atoms with van der Waals surface area (Å²) >= 11 is 0. The van der Waals surface area contributed by atoms with Crippen LogP contribution in [0.5, 0.6) is 5.75 Å². The molecular formula is C16H23NO3. The lowest BCUT2D eigenvalue weighted by Gasteiger charge is -2.42. The highest BCUT2D eigenvalue weighted by Crippen LogP contribution is 2.44. The number of aliphatic carboxylic acids is 1. The summed E-state index contributed by atoms with van der Waals surface area (Å²) in [7, 11) is 1.65. The molecule has 0 fully saturated rings. The van der Waals surface area contributed by atoms with E-state index >= 15 is 0 Å². The van der Waals surface area contributed by atoms with Gasteiger partial charge in [-0.2, -0.15) is 0 Å². The van der Waals surface area contributed by atoms with Gasteiger partial charge in [0.1, 0.15) is 5.75 Å². The molecule has 0 amide bonds. The highest BCUT2D eigenvalue weighted by molar-refractivity contribution is 5.70. The minimum atomic E-state index is -0.780. The first kappa shape index (κ1) is 14.9. The maximum atomic E-state index is 11.3. The first-order chi connectivity index (χ1) is 9.53. The Morgan fingerprint density at radius 1 is 1.55 bits per heavy atom. The zero-order valence-corrected chi connectivity index (χ0v) is 12.2. The molecule has 2 unspecified atom stereocenters. The molecule has 1 aliphatic rings. The number of fused-ring (bicyclic) bond motifs is 1. The number of rotatable bonds is 5. The second kappa shape index (κ2) is 5.83. The van der Waals surface area contributed by atoms with Crippen LogP contribution in [0.15, 0.2) is 18.2 Å². The summed E-state index contributed by atoms with van der Waals surface area (Å²) in [4.78, 5) is 11.3. The van der Waals surface area contributed by atoms with Crippen LogP contribution in [0.3, 0.4) is 0 Å². The second-order valence-electron chi connectivity index (χ2n) is 5.62. The van der Waals surface area contributed by atoms with Crippen molar-refractivity contribution >= 4 is 5.97 Å². The van der Waals surface area contributed by atoms with E-state index in [1.807, 2.05) is 25.1 Å². The van der Waals surface area contributed by atoms with Gasteiger partial charge in [0.2, 0.25) is 0 Å². The number of hydrogen-bond donors (Lipinski definition) is 2. The van der Waals surface area contributed by atoms with Crippen molar-refractivity contribution in [3.8, 4) is 5.75 Å². The largest absolute Gasteiger partial charge is 0.497 e. The molecule has 2 atom stereocenters. The van der Waals surface area contributed by atoms with E-state index in [0.29, 0.717) is 0 Å². The summed E-state index contributed by atoms with van der Waals surface area (Å²) in [6.07, 6.45) is 3.65. The van der Waals surface area contributed by atoms with Gasteiger partial charge >= 0.3 is 5.97 Å². The lowest BCUT2D eigenvalue weighted by Crippen LogP contribution is -2.48. The van der Waals surface area contributed by atoms with Crippen LogP contribution >= 0.6 is 0 Å². The van der Waals surface area contributed by atoms with E-state index in [1.165, 1.54) is 5.56 Å². The summed E-state index contributed by atoms with van der Waals surface area (Å²) in [5.41, 5.74) is 8.16. The number of ether oxygens (including phenoxy) is 1. The van der Waals surface area contributed by atoms with Gasteiger partial charge in [-0.15, -0.1) is 0 Å². The molecule has 0 radical (unpaired) electrons. The Bertz CT molecular complexity index is 500. The second-order valence-corrected chi connectivity index (χ2v) is 5.62. The van der Waals surface area contributed by atoms with E-state index in [1.54, 1.807) is 7.11 Å². The first-order valence-corrected chi connectivity index (χ1v) is 7.18. The minimum absolute atomic E-state index is 0.0985. The maximum Gasteiger partial charge on any atom is 0.304 e. The summed E-state index contributed by atoms with van der Waals surface area (Å²) in [5.74, 6) is 0.0394. The van der Waals surface area contributed by atoms with Crippen molar-refractivity contribution in [2.75, 3.05) is 7.11 Å². The lowest BCUT2D eigenvalue weighted by molar-refractivity contribution is -0.139. The molecular weight excluding hydrogens is 254 g/mol. The third kappa shape index (κ3) is 2.52. The van der Waals surface area contributed by atoms with Crippen molar-refractivity contribution in [1.82, 2.24) is 0 Å². The van der Waals surface area contributed by atoms with E-state index in [0.717, 1.165) is 37.0 Å². The van der Waals surface area contributed by atoms with Gasteiger partial charge in [-0.25, -0.2) is 0 Å². The van der Waals surface area contributed by atoms with Crippen molar-refractivity contribution in [3.63, 3.8) is 0 Å². The Hall–Kier alpha value is -1.55. The van der Waals surface area contributed by atoms with Crippen molar-refractivity contribution in [1.29, 1.82) is 0 Å². The van der Waals surface area contributed by atoms with E-state index < -0.39 is 11.4 Å². The molecule has 0 saturated carbocycles. The van der Waals surface area contributed by atoms with Crippen molar-refractivity contribution in [3.05, 3.63) is 29.3 Å². The Labute approximate surface area is 119 Å². The quantitative estimate of drug-likeness (QED) is 0.867. The number of carboxylic acids is 1. The fraction of sp³-hybridized carbons (Fsp3) is 0.562. The topological polar surface area (TPSA) is 72.6 Å². The Balaban J connectivity index is 2.52. The van der Waals surface area contributed by atoms with Gasteiger partial charge < -0.3 is 15.6 Å². The highest BCUT2D eigenvalue weighted by Gasteiger charge is 2.42. The average molecular weight is 277 g/mol. The SMILES string of the molecule is CCC(N)C1(CC(=O)O)CCCc2cc(OC)ccc21. The molecule has 1 aliphatic carbocycles. The zero-order valence-electron chi connectivity index (χ0n) is 12.2. The van der Waals surface area contributed by atoms with Crippen molar-refractivity contribution in [2.45, 2.75) is 50.5 Å². The van der Waals surface area contributed by atoms with Gasteiger partial charge in [-0.05, 0) is 48.9 Å². The third-order valence-electron chi connectivity index (χ3n) is 4.53. The molecule has 110 valence electrons. The molecule has 4 nitrogen and oxygen atoms in total. The summed E-state index contributed by atoms with van der Waals surface area (Å²) in [6, 6.07) is 5.80. The fourth-order valence-corrected chi connectivity index (χ4v) is 3.48. The molecule has 0 saturated heterocycles. The molecule has 0 aliphatic heterocycles. The van der Waals surface area contributed by atoms with Gasteiger partial charge in [-0.3, -0.25) is 4.79 Å². The van der Waals surface area contributed by atoms with Crippen LogP contribution in [0, 0.1) is 0 Å². The predicted molar refractivity (Wildman–Crippen MR) is 78.1 cm³/mol. The number of nitrogens with two attached hydrogens (primary N) is 1. The van der Waals surface area contributed by atoms with E-state index in [4.69, 9.17) is 10.5 Å². The van der Waals surface area contributed by atoms with Gasteiger partial charge in [-0.1, -0.05) is 13.0 Å². The van der Waals surface area contributed by atoms with Crippen LogP contribution in [0.1, 0.15) is 43.7 Å². The minimum Gasteiger partial charge on any atom is -0.497 e. The summed E-state index contributed by atoms with van der Waals surface area (Å²) < 4.78 is 5.27. The maximum absolute atomic E-state index is 11.3. The Kier molecular flexibility index (Phi) is 4.33. The van der Waals surface area contributed by atoms with Gasteiger partial charge in [0.25, 0.3) is 0 Å². The van der Waals surface area contributed by atoms with Crippen LogP contribution in [-0.2, 0) is 16.6 Å². The zero-order chi connectivity index (χ0) is 14.8. The Morgan fingerprint density at radius 2 is 2.30 bits per heavy atom. The average Bonchev–Trinajstić information content (AvgIpc) is 2.45. The normalized spacial score (nSPS) is 22.9. The Morgan fingerprint density at radius 3 is 2.90 bits per heavy atom. The van der Waals surface area contributed by atoms with Crippen LogP contribution in [-0.4, -0.2) is 24.2 Å². The van der Waals surface area contributed by atoms with Gasteiger partial charge in [0.05, 0.1) is 13.5 Å². The third-order valence-corrected chi connectivity index (χ3v) is 4.53. The molecule has 1 aromatic carbocycles. The number of methoxy groups -OCH3 is 1. The molecule has 1 aromatic rings. The summed E-state index contributed by atoms with van der Waals surface area (Å²) in [5, 5.41) is 9.32. The fourth-order valence-electron chi connectivity index (χ4n) is 3.48. The van der Waals surface area contributed by atoms with E-state index in [-0.39, 0.29) is 12.5 Å². The lowest BCUT2D eigenvalue weighted by atomic mass is 9.63. The van der Waals surface area contributed by atoms with Crippen LogP contribution in [0.25, 0.3) is 0 Å². The van der Waals surface area contributed by atoms with Crippen molar-refractivity contribution < 1.29 is 14.6 Å². The van der Waals surface area contributed by atoms with Gasteiger partial charge in [0, 0.05) is 11.5 Å². The molecule has 0 heterocycles. The number of benzene rings is 1. The smallest absolute Gasteiger partial charge is 0.304 e. The number of carboxylic acid groups (broad SMARTS) is 1. The molecule has 3 N–H and O–H groups in total. The molecule has 0 bridgehead atoms. The number of hydrogen-bond acceptors (Lipinski definition) is 3. The monoisotopic (exact) mass is 277 g/mol. The predicted octanol–water partition coefficient (Wildman–Crippen LogP) is 2.48. The molecule has 20 heavy (non-hydrogen) atoms. The molecule has 2 rings (SSSR count). The molecule has 0 spiro atoms. The van der Waals surface area contributed by atoms with E-state index in [9.17, 15) is 9.90 Å². The first-order valence-electron chi connectivity index (χ1n) is 7.18. The molecule has 4 heteroatoms. The molecule has 0 aromatic heterocycles. The number of carbonyl (C=O) groups is 1. The standard InChI is InChI=1S/C16H23NO3/c1-3-14(17)16(10-15(18)19)8-4-5-11-9-12(20-2)6-7-13(11)16/h6-7,9,14H,3-5,8,10,17H2,1-2H3,(H,18,19). The number of aryl methyl sites for hydroxylation is 1. The van der Waals surface area contributed by atoms with Gasteiger partial charge in [0.15, 0.2) is 0 Å². The van der Waals surface area contributed by atoms with Crippen LogP contribution in [0.2, 0.25) is 0 Å². The van der Waals surface area contributed by atoms with Crippen LogP contribution in [0.4, 0.5) is 0 Å². The summed E-state index contributed by atoms with van der Waals surface area (Å²) in [6.45, 7) is 2.02. The van der Waals surface area contributed by atoms with Crippen LogP contribution < -0.4 is 10.5 Å². The highest BCUT2D eigenvalue weighted by atomic mass is 16.5.